The Kier molecular flexibility index (Phi) is 5.60. The molecule has 7 nitrogen and oxygen atoms in total. The Hall–Kier alpha value is -3.55. The number of rotatable bonds is 5. The molecule has 8 heteroatoms. The molecule has 1 N–H and O–H groups in total. The summed E-state index contributed by atoms with van der Waals surface area (Å²) in [6.07, 6.45) is 5.05. The minimum Gasteiger partial charge on any atom is -0.381 e. The fraction of sp³-hybridized carbons (Fsp3) is 0.238. The second kappa shape index (κ2) is 8.64. The maximum Gasteiger partial charge on any atom is 0.272 e. The number of anilines is 2. The van der Waals surface area contributed by atoms with Crippen LogP contribution in [0.1, 0.15) is 16.1 Å². The molecule has 148 valence electrons. The van der Waals surface area contributed by atoms with E-state index < -0.39 is 0 Å². The smallest absolute Gasteiger partial charge is 0.272 e. The standard InChI is InChI=1S/C21H21FN6O/c22-17-4-2-16(3-5-17)15-26-18-6-9-23-19(14-18)20(29)27-10-12-28(13-11-27)21-24-7-1-8-25-21/h1-9,14H,10-13,15H2,(H,23,26). The van der Waals surface area contributed by atoms with E-state index in [1.807, 2.05) is 6.07 Å². The molecule has 0 saturated carbocycles. The van der Waals surface area contributed by atoms with Gasteiger partial charge in [0.1, 0.15) is 11.5 Å². The molecule has 1 amide bonds. The number of hydrogen-bond acceptors (Lipinski definition) is 6. The maximum absolute atomic E-state index is 13.0. The molecule has 2 aromatic heterocycles. The predicted molar refractivity (Wildman–Crippen MR) is 108 cm³/mol. The third kappa shape index (κ3) is 4.66. The number of nitrogens with one attached hydrogen (secondary N) is 1. The van der Waals surface area contributed by atoms with Crippen molar-refractivity contribution < 1.29 is 9.18 Å². The number of amides is 1. The summed E-state index contributed by atoms with van der Waals surface area (Å²) in [6.45, 7) is 3.07. The molecule has 1 fully saturated rings. The molecule has 4 rings (SSSR count). The van der Waals surface area contributed by atoms with Crippen LogP contribution >= 0.6 is 0 Å². The quantitative estimate of drug-likeness (QED) is 0.720. The zero-order chi connectivity index (χ0) is 20.1. The van der Waals surface area contributed by atoms with Crippen molar-refractivity contribution >= 4 is 17.5 Å². The van der Waals surface area contributed by atoms with Crippen LogP contribution in [0.25, 0.3) is 0 Å². The fourth-order valence-electron chi connectivity index (χ4n) is 3.19. The third-order valence-electron chi connectivity index (χ3n) is 4.79. The van der Waals surface area contributed by atoms with Gasteiger partial charge in [-0.25, -0.2) is 14.4 Å². The summed E-state index contributed by atoms with van der Waals surface area (Å²) in [4.78, 5) is 29.5. The summed E-state index contributed by atoms with van der Waals surface area (Å²) in [6, 6.07) is 11.7. The first-order valence-electron chi connectivity index (χ1n) is 9.45. The SMILES string of the molecule is O=C(c1cc(NCc2ccc(F)cc2)ccn1)N1CCN(c2ncccn2)CC1. The first-order chi connectivity index (χ1) is 14.2. The molecule has 1 aliphatic rings. The molecular weight excluding hydrogens is 371 g/mol. The molecule has 1 aromatic carbocycles. The highest BCUT2D eigenvalue weighted by atomic mass is 19.1. The Morgan fingerprint density at radius 3 is 2.41 bits per heavy atom. The topological polar surface area (TPSA) is 74.2 Å². The Balaban J connectivity index is 1.35. The maximum atomic E-state index is 13.0. The normalized spacial score (nSPS) is 14.0. The minimum atomic E-state index is -0.260. The van der Waals surface area contributed by atoms with E-state index in [0.717, 1.165) is 11.3 Å². The van der Waals surface area contributed by atoms with Gasteiger partial charge in [0.05, 0.1) is 0 Å². The van der Waals surface area contributed by atoms with Crippen molar-refractivity contribution in [3.05, 3.63) is 78.1 Å². The predicted octanol–water partition coefficient (Wildman–Crippen LogP) is 2.59. The van der Waals surface area contributed by atoms with Crippen LogP contribution in [0.4, 0.5) is 16.0 Å². The molecule has 3 heterocycles. The van der Waals surface area contributed by atoms with E-state index in [-0.39, 0.29) is 11.7 Å². The van der Waals surface area contributed by atoms with Gasteiger partial charge in [0, 0.05) is 57.0 Å². The lowest BCUT2D eigenvalue weighted by molar-refractivity contribution is 0.0740. The summed E-state index contributed by atoms with van der Waals surface area (Å²) in [5.41, 5.74) is 2.15. The lowest BCUT2D eigenvalue weighted by Gasteiger charge is -2.34. The Bertz CT molecular complexity index is 958. The van der Waals surface area contributed by atoms with Crippen molar-refractivity contribution in [2.45, 2.75) is 6.54 Å². The van der Waals surface area contributed by atoms with E-state index in [2.05, 4.69) is 25.2 Å². The van der Waals surface area contributed by atoms with Gasteiger partial charge in [-0.05, 0) is 35.9 Å². The highest BCUT2D eigenvalue weighted by Gasteiger charge is 2.24. The number of piperazine rings is 1. The van der Waals surface area contributed by atoms with Crippen LogP contribution in [0.3, 0.4) is 0 Å². The number of benzene rings is 1. The third-order valence-corrected chi connectivity index (χ3v) is 4.79. The average molecular weight is 392 g/mol. The zero-order valence-corrected chi connectivity index (χ0v) is 15.8. The van der Waals surface area contributed by atoms with Crippen LogP contribution in [0, 0.1) is 5.82 Å². The van der Waals surface area contributed by atoms with E-state index in [1.54, 1.807) is 47.8 Å². The van der Waals surface area contributed by atoms with Crippen molar-refractivity contribution in [1.29, 1.82) is 0 Å². The number of aromatic nitrogens is 3. The number of halogens is 1. The highest BCUT2D eigenvalue weighted by Crippen LogP contribution is 2.15. The number of carbonyl (C=O) groups is 1. The molecule has 29 heavy (non-hydrogen) atoms. The molecule has 0 radical (unpaired) electrons. The van der Waals surface area contributed by atoms with E-state index in [1.165, 1.54) is 12.1 Å². The summed E-state index contributed by atoms with van der Waals surface area (Å²) >= 11 is 0. The van der Waals surface area contributed by atoms with Gasteiger partial charge in [-0.15, -0.1) is 0 Å². The molecule has 0 spiro atoms. The van der Waals surface area contributed by atoms with Crippen molar-refractivity contribution in [1.82, 2.24) is 19.9 Å². The average Bonchev–Trinajstić information content (AvgIpc) is 2.79. The number of hydrogen-bond donors (Lipinski definition) is 1. The lowest BCUT2D eigenvalue weighted by atomic mass is 10.2. The zero-order valence-electron chi connectivity index (χ0n) is 15.8. The Morgan fingerprint density at radius 1 is 0.966 bits per heavy atom. The summed E-state index contributed by atoms with van der Waals surface area (Å²) in [7, 11) is 0. The Labute approximate surface area is 168 Å². The van der Waals surface area contributed by atoms with Gasteiger partial charge >= 0.3 is 0 Å². The lowest BCUT2D eigenvalue weighted by Crippen LogP contribution is -2.49. The van der Waals surface area contributed by atoms with Gasteiger partial charge < -0.3 is 15.1 Å². The highest BCUT2D eigenvalue weighted by molar-refractivity contribution is 5.93. The first-order valence-corrected chi connectivity index (χ1v) is 9.45. The molecule has 1 saturated heterocycles. The molecule has 3 aromatic rings. The first kappa shape index (κ1) is 18.8. The van der Waals surface area contributed by atoms with Gasteiger partial charge in [0.15, 0.2) is 0 Å². The second-order valence-corrected chi connectivity index (χ2v) is 6.74. The van der Waals surface area contributed by atoms with Crippen molar-refractivity contribution in [2.75, 3.05) is 36.4 Å². The van der Waals surface area contributed by atoms with Crippen LogP contribution in [-0.4, -0.2) is 51.9 Å². The largest absolute Gasteiger partial charge is 0.381 e. The van der Waals surface area contributed by atoms with E-state index in [0.29, 0.717) is 44.4 Å². The minimum absolute atomic E-state index is 0.0935. The van der Waals surface area contributed by atoms with Crippen LogP contribution in [-0.2, 0) is 6.54 Å². The van der Waals surface area contributed by atoms with Crippen LogP contribution in [0.2, 0.25) is 0 Å². The van der Waals surface area contributed by atoms with Gasteiger partial charge in [-0.2, -0.15) is 0 Å². The second-order valence-electron chi connectivity index (χ2n) is 6.74. The van der Waals surface area contributed by atoms with Crippen LogP contribution in [0.15, 0.2) is 61.1 Å². The van der Waals surface area contributed by atoms with Gasteiger partial charge in [0.2, 0.25) is 5.95 Å². The van der Waals surface area contributed by atoms with Crippen molar-refractivity contribution in [3.63, 3.8) is 0 Å². The summed E-state index contributed by atoms with van der Waals surface area (Å²) in [5.74, 6) is 0.332. The van der Waals surface area contributed by atoms with Gasteiger partial charge in [0.25, 0.3) is 5.91 Å². The van der Waals surface area contributed by atoms with Crippen LogP contribution in [0.5, 0.6) is 0 Å². The van der Waals surface area contributed by atoms with E-state index in [9.17, 15) is 9.18 Å². The summed E-state index contributed by atoms with van der Waals surface area (Å²) < 4.78 is 13.0. The Morgan fingerprint density at radius 2 is 1.69 bits per heavy atom. The number of nitrogens with zero attached hydrogens (tertiary/aromatic N) is 5. The number of pyridine rings is 1. The molecular formula is C21H21FN6O. The van der Waals surface area contributed by atoms with E-state index >= 15 is 0 Å². The van der Waals surface area contributed by atoms with Gasteiger partial charge in [-0.3, -0.25) is 9.78 Å². The summed E-state index contributed by atoms with van der Waals surface area (Å²) in [5, 5.41) is 3.25. The van der Waals surface area contributed by atoms with Gasteiger partial charge in [-0.1, -0.05) is 12.1 Å². The molecule has 0 atom stereocenters. The van der Waals surface area contributed by atoms with Crippen molar-refractivity contribution in [2.24, 2.45) is 0 Å². The fourth-order valence-corrected chi connectivity index (χ4v) is 3.19. The monoisotopic (exact) mass is 392 g/mol. The molecule has 1 aliphatic heterocycles. The molecule has 0 bridgehead atoms. The van der Waals surface area contributed by atoms with E-state index in [4.69, 9.17) is 0 Å². The van der Waals surface area contributed by atoms with Crippen LogP contribution < -0.4 is 10.2 Å². The van der Waals surface area contributed by atoms with Crippen molar-refractivity contribution in [3.8, 4) is 0 Å². The molecule has 0 aliphatic carbocycles. The number of carbonyl (C=O) groups excluding carboxylic acids is 1. The molecule has 0 unspecified atom stereocenters.